The highest BCUT2D eigenvalue weighted by Gasteiger charge is 2.68. The molecule has 0 heterocycles. The number of nitrogens with one attached hydrogen (secondary N) is 1. The molecule has 4 saturated carbocycles. The third-order valence-corrected chi connectivity index (χ3v) is 16.0. The van der Waals surface area contributed by atoms with Crippen molar-refractivity contribution in [2.45, 2.75) is 162 Å². The second-order valence-electron chi connectivity index (χ2n) is 17.2. The van der Waals surface area contributed by atoms with Crippen molar-refractivity contribution in [1.29, 1.82) is 0 Å². The molecule has 2 N–H and O–H groups in total. The maximum Gasteiger partial charge on any atom is 0.0654 e. The summed E-state index contributed by atoms with van der Waals surface area (Å²) in [5, 5.41) is 15.2. The maximum absolute atomic E-state index is 11.0. The fourth-order valence-corrected chi connectivity index (χ4v) is 12.9. The summed E-state index contributed by atoms with van der Waals surface area (Å²) in [6, 6.07) is 0. The van der Waals surface area contributed by atoms with Crippen molar-refractivity contribution >= 4 is 0 Å². The van der Waals surface area contributed by atoms with Gasteiger partial charge >= 0.3 is 0 Å². The van der Waals surface area contributed by atoms with Crippen LogP contribution in [0.2, 0.25) is 0 Å². The average Bonchev–Trinajstić information content (AvgIpc) is 3.38. The second-order valence-corrected chi connectivity index (χ2v) is 17.2. The van der Waals surface area contributed by atoms with E-state index in [-0.39, 0.29) is 0 Å². The number of rotatable bonds is 7. The highest BCUT2D eigenvalue weighted by Crippen LogP contribution is 2.75. The molecule has 0 aromatic heterocycles. The molecule has 9 unspecified atom stereocenters. The van der Waals surface area contributed by atoms with Crippen molar-refractivity contribution in [3.05, 3.63) is 23.3 Å². The molecule has 0 bridgehead atoms. The van der Waals surface area contributed by atoms with Gasteiger partial charge in [-0.1, -0.05) is 67.0 Å². The largest absolute Gasteiger partial charge is 0.390 e. The third kappa shape index (κ3) is 4.60. The molecule has 10 atom stereocenters. The van der Waals surface area contributed by atoms with Crippen molar-refractivity contribution in [2.75, 3.05) is 6.54 Å². The first-order chi connectivity index (χ1) is 19.5. The molecule has 4 fully saturated rings. The number of aliphatic hydroxyl groups is 1. The lowest BCUT2D eigenvalue weighted by Crippen LogP contribution is -2.67. The molecule has 0 aromatic rings. The summed E-state index contributed by atoms with van der Waals surface area (Å²) >= 11 is 0. The van der Waals surface area contributed by atoms with Crippen LogP contribution in [0, 0.1) is 51.8 Å². The molecular formula is C39H65NO. The Hall–Kier alpha value is -0.600. The van der Waals surface area contributed by atoms with E-state index in [2.05, 4.69) is 65.9 Å². The molecule has 6 aliphatic carbocycles. The first-order valence-electron chi connectivity index (χ1n) is 18.3. The SMILES string of the molecule is CCC(O)(CC)CCNC12CCCC1C1CCC3C4(C)CC=C(C5=CCC(C)CC5)C(C)C4CCC3(C)[C@]1(C)CC2. The van der Waals surface area contributed by atoms with Gasteiger partial charge in [0.15, 0.2) is 0 Å². The Morgan fingerprint density at radius 3 is 2.34 bits per heavy atom. The van der Waals surface area contributed by atoms with Gasteiger partial charge in [0.05, 0.1) is 5.60 Å². The van der Waals surface area contributed by atoms with Gasteiger partial charge in [0.25, 0.3) is 0 Å². The van der Waals surface area contributed by atoms with Crippen LogP contribution in [-0.4, -0.2) is 22.8 Å². The Labute approximate surface area is 254 Å². The highest BCUT2D eigenvalue weighted by atomic mass is 16.3. The summed E-state index contributed by atoms with van der Waals surface area (Å²) in [6.07, 6.45) is 26.1. The van der Waals surface area contributed by atoms with E-state index in [1.165, 1.54) is 83.5 Å². The van der Waals surface area contributed by atoms with E-state index in [9.17, 15) is 5.11 Å². The molecule has 0 aliphatic heterocycles. The summed E-state index contributed by atoms with van der Waals surface area (Å²) in [5.74, 6) is 5.01. The number of allylic oxidation sites excluding steroid dienone is 4. The van der Waals surface area contributed by atoms with E-state index in [0.717, 1.165) is 61.3 Å². The highest BCUT2D eigenvalue weighted by molar-refractivity contribution is 5.37. The van der Waals surface area contributed by atoms with Crippen molar-refractivity contribution in [3.63, 3.8) is 0 Å². The molecule has 0 amide bonds. The number of hydrogen-bond acceptors (Lipinski definition) is 2. The smallest absolute Gasteiger partial charge is 0.0654 e. The molecule has 232 valence electrons. The zero-order valence-corrected chi connectivity index (χ0v) is 28.1. The zero-order valence-electron chi connectivity index (χ0n) is 28.1. The van der Waals surface area contributed by atoms with Crippen molar-refractivity contribution < 1.29 is 5.11 Å². The van der Waals surface area contributed by atoms with Crippen LogP contribution >= 0.6 is 0 Å². The molecule has 2 nitrogen and oxygen atoms in total. The first-order valence-corrected chi connectivity index (χ1v) is 18.3. The molecule has 2 heteroatoms. The average molecular weight is 564 g/mol. The van der Waals surface area contributed by atoms with Crippen LogP contribution in [0.5, 0.6) is 0 Å². The lowest BCUT2D eigenvalue weighted by atomic mass is 9.34. The van der Waals surface area contributed by atoms with Gasteiger partial charge in [-0.15, -0.1) is 0 Å². The Morgan fingerprint density at radius 1 is 0.854 bits per heavy atom. The van der Waals surface area contributed by atoms with Gasteiger partial charge in [0, 0.05) is 5.54 Å². The summed E-state index contributed by atoms with van der Waals surface area (Å²) in [5.41, 5.74) is 4.70. The van der Waals surface area contributed by atoms with E-state index < -0.39 is 5.60 Å². The minimum atomic E-state index is -0.488. The van der Waals surface area contributed by atoms with Crippen LogP contribution in [-0.2, 0) is 0 Å². The molecule has 41 heavy (non-hydrogen) atoms. The molecule has 0 spiro atoms. The van der Waals surface area contributed by atoms with Crippen LogP contribution in [0.15, 0.2) is 23.3 Å². The molecule has 0 radical (unpaired) electrons. The zero-order chi connectivity index (χ0) is 29.3. The molecule has 0 saturated heterocycles. The summed E-state index contributed by atoms with van der Waals surface area (Å²) < 4.78 is 0. The third-order valence-electron chi connectivity index (χ3n) is 16.0. The predicted molar refractivity (Wildman–Crippen MR) is 174 cm³/mol. The molecule has 6 rings (SSSR count). The summed E-state index contributed by atoms with van der Waals surface area (Å²) in [6.45, 7) is 18.6. The van der Waals surface area contributed by atoms with Gasteiger partial charge in [-0.3, -0.25) is 0 Å². The Kier molecular flexibility index (Phi) is 8.00. The summed E-state index contributed by atoms with van der Waals surface area (Å²) in [7, 11) is 0. The van der Waals surface area contributed by atoms with E-state index in [1.807, 2.05) is 0 Å². The predicted octanol–water partition coefficient (Wildman–Crippen LogP) is 10.0. The Morgan fingerprint density at radius 2 is 1.63 bits per heavy atom. The molecular weight excluding hydrogens is 498 g/mol. The molecule has 0 aromatic carbocycles. The van der Waals surface area contributed by atoms with Crippen molar-refractivity contribution in [1.82, 2.24) is 5.32 Å². The summed E-state index contributed by atoms with van der Waals surface area (Å²) in [4.78, 5) is 0. The normalized spacial score (nSPS) is 47.9. The Bertz CT molecular complexity index is 1040. The van der Waals surface area contributed by atoms with Crippen LogP contribution in [0.25, 0.3) is 0 Å². The molecule has 6 aliphatic rings. The van der Waals surface area contributed by atoms with Crippen molar-refractivity contribution in [3.8, 4) is 0 Å². The van der Waals surface area contributed by atoms with Crippen LogP contribution in [0.1, 0.15) is 151 Å². The quantitative estimate of drug-likeness (QED) is 0.323. The first kappa shape index (κ1) is 30.4. The van der Waals surface area contributed by atoms with Crippen molar-refractivity contribution in [2.24, 2.45) is 51.8 Å². The van der Waals surface area contributed by atoms with E-state index in [4.69, 9.17) is 0 Å². The van der Waals surface area contributed by atoms with Gasteiger partial charge in [-0.25, -0.2) is 0 Å². The number of fused-ring (bicyclic) bond motifs is 7. The van der Waals surface area contributed by atoms with Gasteiger partial charge in [-0.05, 0) is 166 Å². The fourth-order valence-electron chi connectivity index (χ4n) is 12.9. The van der Waals surface area contributed by atoms with Gasteiger partial charge in [-0.2, -0.15) is 0 Å². The lowest BCUT2D eigenvalue weighted by molar-refractivity contribution is -0.212. The minimum Gasteiger partial charge on any atom is -0.390 e. The second kappa shape index (κ2) is 10.8. The van der Waals surface area contributed by atoms with Gasteiger partial charge in [0.2, 0.25) is 0 Å². The standard InChI is InChI=1S/C39H65NO/c1-8-38(41,9-2)25-26-40-39-20-10-11-33(39)32-16-17-34-35(5)21-18-30(29-14-12-27(3)13-15-29)28(4)31(35)19-22-37(34,7)36(32,6)23-24-39/h14,18,27-28,31-34,40-41H,8-13,15-17,19-26H2,1-7H3/t27?,28?,31?,32?,33?,34?,35?,36-,37?,39?/m1/s1. The van der Waals surface area contributed by atoms with E-state index >= 15 is 0 Å². The van der Waals surface area contributed by atoms with E-state index in [0.29, 0.717) is 21.8 Å². The fraction of sp³-hybridized carbons (Fsp3) is 0.897. The van der Waals surface area contributed by atoms with Gasteiger partial charge in [0.1, 0.15) is 0 Å². The number of hydrogen-bond donors (Lipinski definition) is 2. The topological polar surface area (TPSA) is 32.3 Å². The lowest BCUT2D eigenvalue weighted by Gasteiger charge is -2.71. The maximum atomic E-state index is 11.0. The van der Waals surface area contributed by atoms with Crippen LogP contribution in [0.3, 0.4) is 0 Å². The monoisotopic (exact) mass is 564 g/mol. The minimum absolute atomic E-state index is 0.332. The van der Waals surface area contributed by atoms with Crippen LogP contribution in [0.4, 0.5) is 0 Å². The van der Waals surface area contributed by atoms with Crippen LogP contribution < -0.4 is 5.32 Å². The van der Waals surface area contributed by atoms with E-state index in [1.54, 1.807) is 11.1 Å². The van der Waals surface area contributed by atoms with Gasteiger partial charge < -0.3 is 10.4 Å². The Balaban J connectivity index is 1.23.